The number of hydrogen-bond donors (Lipinski definition) is 2. The zero-order valence-electron chi connectivity index (χ0n) is 5.97. The fraction of sp³-hybridized carbons (Fsp3) is 0. The van der Waals surface area contributed by atoms with Crippen LogP contribution >= 0.6 is 15.9 Å². The molecule has 0 fully saturated rings. The molecule has 0 saturated heterocycles. The summed E-state index contributed by atoms with van der Waals surface area (Å²) in [7, 11) is 0. The van der Waals surface area contributed by atoms with Crippen LogP contribution in [0.25, 0.3) is 0 Å². The first kappa shape index (κ1) is 10.3. The predicted octanol–water partition coefficient (Wildman–Crippen LogP) is 2.29. The van der Waals surface area contributed by atoms with Crippen LogP contribution in [0.4, 0.5) is 23.2 Å². The fourth-order valence-electron chi connectivity index (χ4n) is 0.732. The number of rotatable bonds is 1. The molecule has 0 saturated carbocycles. The van der Waals surface area contributed by atoms with Gasteiger partial charge in [0.15, 0.2) is 23.3 Å². The number of nitrogens with two attached hydrogens (primary N) is 1. The lowest BCUT2D eigenvalue weighted by Gasteiger charge is -2.07. The molecule has 72 valence electrons. The number of nitrogen functional groups attached to an aromatic ring is 1. The third-order valence-corrected chi connectivity index (χ3v) is 2.05. The quantitative estimate of drug-likeness (QED) is 0.267. The van der Waals surface area contributed by atoms with Gasteiger partial charge in [-0.1, -0.05) is 0 Å². The van der Waals surface area contributed by atoms with Crippen molar-refractivity contribution in [2.24, 2.45) is 5.84 Å². The van der Waals surface area contributed by atoms with Gasteiger partial charge in [0.2, 0.25) is 0 Å². The minimum Gasteiger partial charge on any atom is -0.319 e. The standard InChI is InChI=1S/C6H3BrF4N2/c7-1-2(8)4(10)5(11)6(13-12)3(1)9/h13H,12H2. The Bertz CT molecular complexity index is 326. The topological polar surface area (TPSA) is 38.0 Å². The van der Waals surface area contributed by atoms with Crippen molar-refractivity contribution in [3.63, 3.8) is 0 Å². The summed E-state index contributed by atoms with van der Waals surface area (Å²) >= 11 is 2.40. The zero-order chi connectivity index (χ0) is 10.2. The minimum absolute atomic E-state index is 0.806. The van der Waals surface area contributed by atoms with E-state index in [2.05, 4.69) is 15.9 Å². The Morgan fingerprint density at radius 1 is 0.923 bits per heavy atom. The second kappa shape index (κ2) is 3.51. The van der Waals surface area contributed by atoms with Gasteiger partial charge in [0, 0.05) is 0 Å². The molecule has 0 atom stereocenters. The Morgan fingerprint density at radius 2 is 1.46 bits per heavy atom. The van der Waals surface area contributed by atoms with Gasteiger partial charge in [-0.05, 0) is 15.9 Å². The van der Waals surface area contributed by atoms with E-state index >= 15 is 0 Å². The highest BCUT2D eigenvalue weighted by atomic mass is 79.9. The lowest BCUT2D eigenvalue weighted by Crippen LogP contribution is -2.13. The molecule has 0 spiro atoms. The van der Waals surface area contributed by atoms with Crippen LogP contribution in [0.2, 0.25) is 0 Å². The number of anilines is 1. The molecule has 7 heteroatoms. The van der Waals surface area contributed by atoms with E-state index in [-0.39, 0.29) is 0 Å². The first-order chi connectivity index (χ1) is 6.00. The second-order valence-corrected chi connectivity index (χ2v) is 2.88. The smallest absolute Gasteiger partial charge is 0.198 e. The lowest BCUT2D eigenvalue weighted by atomic mass is 10.2. The van der Waals surface area contributed by atoms with Gasteiger partial charge in [-0.15, -0.1) is 0 Å². The van der Waals surface area contributed by atoms with Crippen LogP contribution in [0.15, 0.2) is 4.47 Å². The van der Waals surface area contributed by atoms with Crippen molar-refractivity contribution in [3.8, 4) is 0 Å². The van der Waals surface area contributed by atoms with Gasteiger partial charge in [-0.3, -0.25) is 5.84 Å². The summed E-state index contributed by atoms with van der Waals surface area (Å²) in [6.45, 7) is 0. The maximum atomic E-state index is 12.9. The molecule has 13 heavy (non-hydrogen) atoms. The van der Waals surface area contributed by atoms with E-state index in [0.29, 0.717) is 0 Å². The molecular weight excluding hydrogens is 256 g/mol. The number of benzene rings is 1. The molecule has 1 aromatic rings. The maximum Gasteiger partial charge on any atom is 0.198 e. The van der Waals surface area contributed by atoms with Crippen LogP contribution in [0.3, 0.4) is 0 Å². The van der Waals surface area contributed by atoms with E-state index in [1.165, 1.54) is 0 Å². The van der Waals surface area contributed by atoms with Crippen LogP contribution in [-0.2, 0) is 0 Å². The molecule has 0 bridgehead atoms. The lowest BCUT2D eigenvalue weighted by molar-refractivity contribution is 0.432. The van der Waals surface area contributed by atoms with E-state index in [1.807, 2.05) is 0 Å². The van der Waals surface area contributed by atoms with Gasteiger partial charge in [-0.25, -0.2) is 17.6 Å². The van der Waals surface area contributed by atoms with Crippen LogP contribution < -0.4 is 11.3 Å². The molecule has 0 aliphatic heterocycles. The van der Waals surface area contributed by atoms with Gasteiger partial charge in [0.25, 0.3) is 0 Å². The largest absolute Gasteiger partial charge is 0.319 e. The summed E-state index contributed by atoms with van der Waals surface area (Å²) in [5.74, 6) is -1.74. The Balaban J connectivity index is 3.56. The zero-order valence-corrected chi connectivity index (χ0v) is 7.55. The average molecular weight is 259 g/mol. The first-order valence-electron chi connectivity index (χ1n) is 2.98. The number of nitrogens with one attached hydrogen (secondary N) is 1. The van der Waals surface area contributed by atoms with E-state index in [0.717, 1.165) is 0 Å². The van der Waals surface area contributed by atoms with Crippen molar-refractivity contribution >= 4 is 21.6 Å². The minimum atomic E-state index is -1.79. The van der Waals surface area contributed by atoms with Crippen molar-refractivity contribution in [2.75, 3.05) is 5.43 Å². The van der Waals surface area contributed by atoms with Gasteiger partial charge < -0.3 is 5.43 Å². The summed E-state index contributed by atoms with van der Waals surface area (Å²) in [4.78, 5) is 0. The van der Waals surface area contributed by atoms with Crippen molar-refractivity contribution in [1.29, 1.82) is 0 Å². The first-order valence-corrected chi connectivity index (χ1v) is 3.78. The molecule has 1 aromatic carbocycles. The molecule has 3 N–H and O–H groups in total. The Kier molecular flexibility index (Phi) is 2.77. The highest BCUT2D eigenvalue weighted by molar-refractivity contribution is 9.10. The van der Waals surface area contributed by atoms with Crippen LogP contribution in [0.5, 0.6) is 0 Å². The third-order valence-electron chi connectivity index (χ3n) is 1.35. The predicted molar refractivity (Wildman–Crippen MR) is 41.8 cm³/mol. The summed E-state index contributed by atoms with van der Waals surface area (Å²) in [6, 6.07) is 0. The SMILES string of the molecule is NNc1c(F)c(F)c(F)c(Br)c1F. The second-order valence-electron chi connectivity index (χ2n) is 2.09. The summed E-state index contributed by atoms with van der Waals surface area (Å²) in [6.07, 6.45) is 0. The molecular formula is C6H3BrF4N2. The molecule has 0 unspecified atom stereocenters. The highest BCUT2D eigenvalue weighted by Crippen LogP contribution is 2.30. The molecule has 2 nitrogen and oxygen atoms in total. The molecule has 0 aromatic heterocycles. The van der Waals surface area contributed by atoms with Gasteiger partial charge in [0.1, 0.15) is 5.69 Å². The van der Waals surface area contributed by atoms with Crippen molar-refractivity contribution < 1.29 is 17.6 Å². The maximum absolute atomic E-state index is 12.9. The number of hydrazine groups is 1. The molecule has 0 radical (unpaired) electrons. The molecule has 0 aliphatic rings. The Labute approximate surface area is 78.8 Å². The number of hydrogen-bond acceptors (Lipinski definition) is 2. The highest BCUT2D eigenvalue weighted by Gasteiger charge is 2.23. The fourth-order valence-corrected chi connectivity index (χ4v) is 1.10. The van der Waals surface area contributed by atoms with E-state index in [9.17, 15) is 17.6 Å². The van der Waals surface area contributed by atoms with E-state index in [1.54, 1.807) is 5.43 Å². The molecule has 0 heterocycles. The third kappa shape index (κ3) is 1.49. The van der Waals surface area contributed by atoms with Gasteiger partial charge in [-0.2, -0.15) is 0 Å². The Morgan fingerprint density at radius 3 is 1.92 bits per heavy atom. The molecule has 0 amide bonds. The van der Waals surface area contributed by atoms with Crippen LogP contribution in [0, 0.1) is 23.3 Å². The van der Waals surface area contributed by atoms with Crippen molar-refractivity contribution in [2.45, 2.75) is 0 Å². The normalized spacial score (nSPS) is 10.3. The summed E-state index contributed by atoms with van der Waals surface area (Å²) in [5, 5.41) is 0. The average Bonchev–Trinajstić information content (AvgIpc) is 2.13. The number of halogens is 5. The molecule has 0 aliphatic carbocycles. The van der Waals surface area contributed by atoms with E-state index in [4.69, 9.17) is 5.84 Å². The van der Waals surface area contributed by atoms with E-state index < -0.39 is 33.4 Å². The monoisotopic (exact) mass is 258 g/mol. The van der Waals surface area contributed by atoms with Gasteiger partial charge in [0.05, 0.1) is 4.47 Å². The Hall–Kier alpha value is -0.820. The van der Waals surface area contributed by atoms with Crippen molar-refractivity contribution in [3.05, 3.63) is 27.7 Å². The summed E-state index contributed by atoms with van der Waals surface area (Å²) in [5.41, 5.74) is 0.661. The summed E-state index contributed by atoms with van der Waals surface area (Å²) < 4.78 is 49.9. The molecule has 1 rings (SSSR count). The van der Waals surface area contributed by atoms with Crippen molar-refractivity contribution in [1.82, 2.24) is 0 Å². The van der Waals surface area contributed by atoms with Gasteiger partial charge >= 0.3 is 0 Å². The van der Waals surface area contributed by atoms with Crippen LogP contribution in [-0.4, -0.2) is 0 Å². The van der Waals surface area contributed by atoms with Crippen LogP contribution in [0.1, 0.15) is 0 Å².